The molecule has 0 saturated heterocycles. The number of carbonyl (C=O) groups excluding carboxylic acids is 2. The van der Waals surface area contributed by atoms with Gasteiger partial charge < -0.3 is 19.5 Å². The van der Waals surface area contributed by atoms with E-state index in [1.165, 1.54) is 14.2 Å². The summed E-state index contributed by atoms with van der Waals surface area (Å²) in [5.41, 5.74) is 1.68. The summed E-state index contributed by atoms with van der Waals surface area (Å²) in [6.07, 6.45) is 0. The number of benzene rings is 3. The number of anilines is 2. The summed E-state index contributed by atoms with van der Waals surface area (Å²) in [5, 5.41) is 3.61. The van der Waals surface area contributed by atoms with Crippen molar-refractivity contribution in [1.82, 2.24) is 0 Å². The van der Waals surface area contributed by atoms with E-state index in [9.17, 15) is 9.59 Å². The number of ether oxygens (including phenoxy) is 3. The molecule has 0 aromatic heterocycles. The van der Waals surface area contributed by atoms with E-state index in [1.54, 1.807) is 73.8 Å². The second-order valence-electron chi connectivity index (χ2n) is 7.06. The van der Waals surface area contributed by atoms with Gasteiger partial charge in [-0.2, -0.15) is 0 Å². The standard InChI is InChI=1S/C25H21ClN2O5/c1-31-17-12-13-19(21(14-17)33-3)27-23-22(18-6-4-5-7-20(18)32-2)24(29)28(25(23)30)16-10-8-15(26)9-11-16/h4-14,27H,1-3H3. The van der Waals surface area contributed by atoms with E-state index in [0.717, 1.165) is 4.90 Å². The topological polar surface area (TPSA) is 77.1 Å². The van der Waals surface area contributed by atoms with Gasteiger partial charge in [0, 0.05) is 16.7 Å². The summed E-state index contributed by atoms with van der Waals surface area (Å²) >= 11 is 6.00. The lowest BCUT2D eigenvalue weighted by molar-refractivity contribution is -0.120. The van der Waals surface area contributed by atoms with Crippen LogP contribution < -0.4 is 24.4 Å². The quantitative estimate of drug-likeness (QED) is 0.508. The number of hydrogen-bond donors (Lipinski definition) is 1. The molecule has 7 nitrogen and oxygen atoms in total. The Kier molecular flexibility index (Phi) is 6.24. The molecule has 4 rings (SSSR count). The number of hydrogen-bond acceptors (Lipinski definition) is 6. The minimum absolute atomic E-state index is 0.0999. The van der Waals surface area contributed by atoms with Crippen LogP contribution in [0.3, 0.4) is 0 Å². The molecule has 3 aromatic rings. The maximum atomic E-state index is 13.6. The van der Waals surface area contributed by atoms with Crippen molar-refractivity contribution in [2.24, 2.45) is 0 Å². The Morgan fingerprint density at radius 2 is 1.48 bits per heavy atom. The average Bonchev–Trinajstić information content (AvgIpc) is 3.08. The first-order valence-electron chi connectivity index (χ1n) is 9.99. The van der Waals surface area contributed by atoms with Gasteiger partial charge in [0.15, 0.2) is 0 Å². The lowest BCUT2D eigenvalue weighted by Gasteiger charge is -2.16. The van der Waals surface area contributed by atoms with E-state index >= 15 is 0 Å². The number of rotatable bonds is 7. The molecular weight excluding hydrogens is 444 g/mol. The summed E-state index contributed by atoms with van der Waals surface area (Å²) in [6, 6.07) is 18.7. The van der Waals surface area contributed by atoms with Crippen LogP contribution in [0.1, 0.15) is 5.56 Å². The van der Waals surface area contributed by atoms with E-state index in [2.05, 4.69) is 5.32 Å². The van der Waals surface area contributed by atoms with Crippen LogP contribution in [-0.4, -0.2) is 33.1 Å². The number of para-hydroxylation sites is 1. The first-order valence-corrected chi connectivity index (χ1v) is 10.4. The molecule has 33 heavy (non-hydrogen) atoms. The van der Waals surface area contributed by atoms with Crippen LogP contribution in [0.5, 0.6) is 17.2 Å². The number of methoxy groups -OCH3 is 3. The molecule has 2 amide bonds. The van der Waals surface area contributed by atoms with Gasteiger partial charge in [0.2, 0.25) is 0 Å². The molecule has 168 valence electrons. The molecule has 1 aliphatic heterocycles. The lowest BCUT2D eigenvalue weighted by atomic mass is 10.0. The van der Waals surface area contributed by atoms with Crippen molar-refractivity contribution in [1.29, 1.82) is 0 Å². The van der Waals surface area contributed by atoms with E-state index in [0.29, 0.717) is 39.2 Å². The van der Waals surface area contributed by atoms with Crippen LogP contribution in [0.4, 0.5) is 11.4 Å². The summed E-state index contributed by atoms with van der Waals surface area (Å²) in [4.78, 5) is 28.3. The fourth-order valence-corrected chi connectivity index (χ4v) is 3.73. The molecular formula is C25H21ClN2O5. The molecule has 0 atom stereocenters. The largest absolute Gasteiger partial charge is 0.497 e. The third-order valence-electron chi connectivity index (χ3n) is 5.21. The molecule has 0 bridgehead atoms. The second kappa shape index (κ2) is 9.26. The number of nitrogens with one attached hydrogen (secondary N) is 1. The first kappa shape index (κ1) is 22.2. The highest BCUT2D eigenvalue weighted by molar-refractivity contribution is 6.46. The van der Waals surface area contributed by atoms with Crippen molar-refractivity contribution in [3.63, 3.8) is 0 Å². The van der Waals surface area contributed by atoms with Crippen molar-refractivity contribution in [2.45, 2.75) is 0 Å². The predicted molar refractivity (Wildman–Crippen MR) is 127 cm³/mol. The molecule has 0 aliphatic carbocycles. The predicted octanol–water partition coefficient (Wildman–Crippen LogP) is 4.76. The van der Waals surface area contributed by atoms with Gasteiger partial charge in [0.25, 0.3) is 11.8 Å². The Morgan fingerprint density at radius 1 is 0.788 bits per heavy atom. The van der Waals surface area contributed by atoms with Crippen LogP contribution >= 0.6 is 11.6 Å². The Balaban J connectivity index is 1.87. The zero-order valence-electron chi connectivity index (χ0n) is 18.2. The molecule has 0 unspecified atom stereocenters. The van der Waals surface area contributed by atoms with Gasteiger partial charge in [0.1, 0.15) is 22.9 Å². The monoisotopic (exact) mass is 464 g/mol. The zero-order valence-corrected chi connectivity index (χ0v) is 19.0. The molecule has 1 N–H and O–H groups in total. The molecule has 0 radical (unpaired) electrons. The third kappa shape index (κ3) is 4.10. The Morgan fingerprint density at radius 3 is 2.15 bits per heavy atom. The van der Waals surface area contributed by atoms with Gasteiger partial charge >= 0.3 is 0 Å². The Hall–Kier alpha value is -3.97. The molecule has 0 spiro atoms. The van der Waals surface area contributed by atoms with Crippen molar-refractivity contribution < 1.29 is 23.8 Å². The summed E-state index contributed by atoms with van der Waals surface area (Å²) < 4.78 is 16.2. The van der Waals surface area contributed by atoms with Gasteiger partial charge in [-0.3, -0.25) is 9.59 Å². The third-order valence-corrected chi connectivity index (χ3v) is 5.47. The fraction of sp³-hybridized carbons (Fsp3) is 0.120. The molecule has 8 heteroatoms. The fourth-order valence-electron chi connectivity index (χ4n) is 3.61. The van der Waals surface area contributed by atoms with E-state index < -0.39 is 11.8 Å². The number of halogens is 1. The lowest BCUT2D eigenvalue weighted by Crippen LogP contribution is -2.32. The van der Waals surface area contributed by atoms with Crippen molar-refractivity contribution in [2.75, 3.05) is 31.5 Å². The van der Waals surface area contributed by atoms with Crippen LogP contribution in [-0.2, 0) is 9.59 Å². The van der Waals surface area contributed by atoms with Crippen LogP contribution in [0.15, 0.2) is 72.4 Å². The maximum Gasteiger partial charge on any atom is 0.282 e. The number of carbonyl (C=O) groups is 2. The number of nitrogens with zero attached hydrogens (tertiary/aromatic N) is 1. The van der Waals surface area contributed by atoms with Gasteiger partial charge in [-0.25, -0.2) is 4.90 Å². The molecule has 3 aromatic carbocycles. The van der Waals surface area contributed by atoms with Gasteiger partial charge in [-0.1, -0.05) is 29.8 Å². The molecule has 1 heterocycles. The minimum atomic E-state index is -0.513. The molecule has 0 fully saturated rings. The number of imide groups is 1. The minimum Gasteiger partial charge on any atom is -0.497 e. The Labute approximate surface area is 196 Å². The van der Waals surface area contributed by atoms with Crippen LogP contribution in [0, 0.1) is 0 Å². The highest BCUT2D eigenvalue weighted by atomic mass is 35.5. The van der Waals surface area contributed by atoms with Crippen molar-refractivity contribution in [3.8, 4) is 17.2 Å². The van der Waals surface area contributed by atoms with Crippen LogP contribution in [0.2, 0.25) is 5.02 Å². The Bertz CT molecular complexity index is 1250. The van der Waals surface area contributed by atoms with Crippen LogP contribution in [0.25, 0.3) is 5.57 Å². The summed E-state index contributed by atoms with van der Waals surface area (Å²) in [6.45, 7) is 0. The summed E-state index contributed by atoms with van der Waals surface area (Å²) in [5.74, 6) is 0.509. The highest BCUT2D eigenvalue weighted by Crippen LogP contribution is 2.39. The second-order valence-corrected chi connectivity index (χ2v) is 7.50. The summed E-state index contributed by atoms with van der Waals surface area (Å²) in [7, 11) is 4.57. The van der Waals surface area contributed by atoms with E-state index in [4.69, 9.17) is 25.8 Å². The highest BCUT2D eigenvalue weighted by Gasteiger charge is 2.41. The zero-order chi connectivity index (χ0) is 23.5. The SMILES string of the molecule is COc1ccc(NC2=C(c3ccccc3OC)C(=O)N(c3ccc(Cl)cc3)C2=O)c(OC)c1. The average molecular weight is 465 g/mol. The van der Waals surface area contributed by atoms with E-state index in [-0.39, 0.29) is 11.3 Å². The first-order chi connectivity index (χ1) is 16.0. The van der Waals surface area contributed by atoms with Gasteiger partial charge in [-0.15, -0.1) is 0 Å². The normalized spacial score (nSPS) is 13.4. The molecule has 1 aliphatic rings. The smallest absolute Gasteiger partial charge is 0.282 e. The number of amides is 2. The van der Waals surface area contributed by atoms with Crippen molar-refractivity contribution >= 4 is 40.4 Å². The maximum absolute atomic E-state index is 13.6. The van der Waals surface area contributed by atoms with Gasteiger partial charge in [-0.05, 0) is 42.5 Å². The van der Waals surface area contributed by atoms with Crippen molar-refractivity contribution in [3.05, 3.63) is 83.0 Å². The molecule has 0 saturated carbocycles. The van der Waals surface area contributed by atoms with Gasteiger partial charge in [0.05, 0.1) is 38.3 Å². The van der Waals surface area contributed by atoms with E-state index in [1.807, 2.05) is 0 Å².